The first-order valence-corrected chi connectivity index (χ1v) is 9.38. The molecular weight excluding hydrogens is 352 g/mol. The third-order valence-corrected chi connectivity index (χ3v) is 5.89. The normalized spacial score (nSPS) is 17.0. The minimum absolute atomic E-state index is 0.0549. The van der Waals surface area contributed by atoms with Gasteiger partial charge in [-0.2, -0.15) is 0 Å². The number of hydrogen-bond acceptors (Lipinski definition) is 6. The van der Waals surface area contributed by atoms with Crippen molar-refractivity contribution in [3.8, 4) is 11.5 Å². The molecule has 7 heteroatoms. The number of aliphatic carboxylic acids is 1. The maximum atomic E-state index is 11.5. The summed E-state index contributed by atoms with van der Waals surface area (Å²) in [6, 6.07) is 3.71. The third kappa shape index (κ3) is 3.68. The van der Waals surface area contributed by atoms with Gasteiger partial charge in [0.1, 0.15) is 0 Å². The highest BCUT2D eigenvalue weighted by Gasteiger charge is 2.31. The Morgan fingerprint density at radius 1 is 1.31 bits per heavy atom. The molecule has 1 N–H and O–H groups in total. The van der Waals surface area contributed by atoms with Crippen molar-refractivity contribution in [3.05, 3.63) is 38.8 Å². The average molecular weight is 376 g/mol. The van der Waals surface area contributed by atoms with Crippen LogP contribution in [0.25, 0.3) is 0 Å². The van der Waals surface area contributed by atoms with Crippen LogP contribution in [0.15, 0.2) is 12.1 Å². The van der Waals surface area contributed by atoms with Crippen LogP contribution in [-0.2, 0) is 17.8 Å². The number of methoxy groups -OCH3 is 2. The van der Waals surface area contributed by atoms with Crippen LogP contribution in [0.1, 0.15) is 39.2 Å². The Balaban J connectivity index is 1.98. The second-order valence-corrected chi connectivity index (χ2v) is 7.77. The van der Waals surface area contributed by atoms with Crippen molar-refractivity contribution in [3.63, 3.8) is 0 Å². The molecule has 140 valence electrons. The summed E-state index contributed by atoms with van der Waals surface area (Å²) in [5.41, 5.74) is 3.16. The number of benzene rings is 1. The number of fused-ring (bicyclic) bond motifs is 1. The molecule has 0 saturated heterocycles. The van der Waals surface area contributed by atoms with Gasteiger partial charge >= 0.3 is 5.97 Å². The van der Waals surface area contributed by atoms with E-state index in [-0.39, 0.29) is 12.5 Å². The number of carboxylic acids is 1. The van der Waals surface area contributed by atoms with Gasteiger partial charge in [0.2, 0.25) is 0 Å². The number of ether oxygens (including phenoxy) is 2. The number of aryl methyl sites for hydroxylation is 2. The minimum atomic E-state index is -0.806. The van der Waals surface area contributed by atoms with Gasteiger partial charge in [-0.15, -0.1) is 11.3 Å². The monoisotopic (exact) mass is 376 g/mol. The highest BCUT2D eigenvalue weighted by Crippen LogP contribution is 2.40. The Bertz CT molecular complexity index is 818. The van der Waals surface area contributed by atoms with Crippen molar-refractivity contribution in [1.82, 2.24) is 9.88 Å². The van der Waals surface area contributed by atoms with Crippen LogP contribution in [0.5, 0.6) is 11.5 Å². The smallest absolute Gasteiger partial charge is 0.305 e. The lowest BCUT2D eigenvalue weighted by atomic mass is 9.90. The summed E-state index contributed by atoms with van der Waals surface area (Å²) in [6.45, 7) is 5.52. The van der Waals surface area contributed by atoms with Crippen molar-refractivity contribution in [2.75, 3.05) is 20.8 Å². The first-order valence-electron chi connectivity index (χ1n) is 8.56. The molecule has 1 atom stereocenters. The summed E-state index contributed by atoms with van der Waals surface area (Å²) in [6.07, 6.45) is 0.905. The van der Waals surface area contributed by atoms with Crippen LogP contribution in [0, 0.1) is 13.8 Å². The molecule has 1 aliphatic rings. The summed E-state index contributed by atoms with van der Waals surface area (Å²) in [5, 5.41) is 10.5. The SMILES string of the molecule is COc1cc2c(cc1OC)C(CC(=O)O)N(Cc1sc(C)nc1C)CC2. The van der Waals surface area contributed by atoms with Crippen molar-refractivity contribution in [2.24, 2.45) is 0 Å². The molecule has 0 bridgehead atoms. The van der Waals surface area contributed by atoms with E-state index in [9.17, 15) is 9.90 Å². The molecule has 1 aromatic heterocycles. The van der Waals surface area contributed by atoms with Crippen LogP contribution in [-0.4, -0.2) is 41.7 Å². The molecule has 0 saturated carbocycles. The largest absolute Gasteiger partial charge is 0.493 e. The molecule has 6 nitrogen and oxygen atoms in total. The predicted molar refractivity (Wildman–Crippen MR) is 100 cm³/mol. The zero-order chi connectivity index (χ0) is 18.8. The number of carboxylic acid groups (broad SMARTS) is 1. The molecule has 1 aliphatic heterocycles. The summed E-state index contributed by atoms with van der Waals surface area (Å²) >= 11 is 1.68. The number of nitrogens with zero attached hydrogens (tertiary/aromatic N) is 2. The van der Waals surface area contributed by atoms with Crippen LogP contribution < -0.4 is 9.47 Å². The highest BCUT2D eigenvalue weighted by molar-refractivity contribution is 7.11. The van der Waals surface area contributed by atoms with E-state index in [1.165, 1.54) is 4.88 Å². The highest BCUT2D eigenvalue weighted by atomic mass is 32.1. The lowest BCUT2D eigenvalue weighted by Crippen LogP contribution is -2.36. The Morgan fingerprint density at radius 2 is 2.00 bits per heavy atom. The summed E-state index contributed by atoms with van der Waals surface area (Å²) in [4.78, 5) is 19.5. The van der Waals surface area contributed by atoms with Gasteiger partial charge in [-0.25, -0.2) is 4.98 Å². The number of thiazole rings is 1. The fraction of sp³-hybridized carbons (Fsp3) is 0.474. The van der Waals surface area contributed by atoms with E-state index in [0.29, 0.717) is 18.0 Å². The molecule has 2 heterocycles. The Morgan fingerprint density at radius 3 is 2.58 bits per heavy atom. The summed E-state index contributed by atoms with van der Waals surface area (Å²) < 4.78 is 10.8. The van der Waals surface area contributed by atoms with Gasteiger partial charge in [0.05, 0.1) is 31.3 Å². The maximum absolute atomic E-state index is 11.5. The number of aromatic nitrogens is 1. The van der Waals surface area contributed by atoms with Crippen LogP contribution >= 0.6 is 11.3 Å². The quantitative estimate of drug-likeness (QED) is 0.834. The van der Waals surface area contributed by atoms with E-state index in [1.54, 1.807) is 25.6 Å². The van der Waals surface area contributed by atoms with E-state index in [2.05, 4.69) is 9.88 Å². The Kier molecular flexibility index (Phi) is 5.48. The number of hydrogen-bond donors (Lipinski definition) is 1. The first-order chi connectivity index (χ1) is 12.4. The van der Waals surface area contributed by atoms with Crippen molar-refractivity contribution in [2.45, 2.75) is 39.3 Å². The van der Waals surface area contributed by atoms with E-state index in [0.717, 1.165) is 34.8 Å². The second kappa shape index (κ2) is 7.63. The van der Waals surface area contributed by atoms with Gasteiger partial charge in [-0.3, -0.25) is 9.69 Å². The van der Waals surface area contributed by atoms with Gasteiger partial charge in [-0.1, -0.05) is 0 Å². The standard InChI is InChI=1S/C19H24N2O4S/c1-11-18(26-12(2)20-11)10-21-6-5-13-7-16(24-3)17(25-4)8-14(13)15(21)9-19(22)23/h7-8,15H,5-6,9-10H2,1-4H3,(H,22,23). The van der Waals surface area contributed by atoms with Crippen molar-refractivity contribution in [1.29, 1.82) is 0 Å². The average Bonchev–Trinajstić information content (AvgIpc) is 2.92. The Hall–Kier alpha value is -2.12. The van der Waals surface area contributed by atoms with Crippen LogP contribution in [0.3, 0.4) is 0 Å². The number of rotatable bonds is 6. The zero-order valence-corrected chi connectivity index (χ0v) is 16.4. The van der Waals surface area contributed by atoms with E-state index >= 15 is 0 Å². The van der Waals surface area contributed by atoms with Gasteiger partial charge in [0.25, 0.3) is 0 Å². The van der Waals surface area contributed by atoms with Crippen molar-refractivity contribution < 1.29 is 19.4 Å². The van der Waals surface area contributed by atoms with E-state index in [4.69, 9.17) is 9.47 Å². The van der Waals surface area contributed by atoms with Gasteiger partial charge in [0.15, 0.2) is 11.5 Å². The Labute approximate surface area is 157 Å². The van der Waals surface area contributed by atoms with Crippen molar-refractivity contribution >= 4 is 17.3 Å². The molecule has 2 aromatic rings. The fourth-order valence-electron chi connectivity index (χ4n) is 3.58. The molecule has 26 heavy (non-hydrogen) atoms. The van der Waals surface area contributed by atoms with Crippen LogP contribution in [0.2, 0.25) is 0 Å². The third-order valence-electron chi connectivity index (χ3n) is 4.83. The van der Waals surface area contributed by atoms with Crippen LogP contribution in [0.4, 0.5) is 0 Å². The lowest BCUT2D eigenvalue weighted by molar-refractivity contribution is -0.138. The lowest BCUT2D eigenvalue weighted by Gasteiger charge is -2.37. The molecule has 0 spiro atoms. The minimum Gasteiger partial charge on any atom is -0.493 e. The van der Waals surface area contributed by atoms with E-state index in [1.807, 2.05) is 26.0 Å². The molecule has 0 amide bonds. The molecular formula is C19H24N2O4S. The van der Waals surface area contributed by atoms with Gasteiger partial charge in [-0.05, 0) is 43.5 Å². The first kappa shape index (κ1) is 18.7. The molecule has 0 radical (unpaired) electrons. The zero-order valence-electron chi connectivity index (χ0n) is 15.5. The topological polar surface area (TPSA) is 71.9 Å². The molecule has 3 rings (SSSR count). The van der Waals surface area contributed by atoms with E-state index < -0.39 is 5.97 Å². The summed E-state index contributed by atoms with van der Waals surface area (Å²) in [5.74, 6) is 0.510. The molecule has 0 aliphatic carbocycles. The van der Waals surface area contributed by atoms with Gasteiger partial charge < -0.3 is 14.6 Å². The molecule has 1 unspecified atom stereocenters. The molecule has 1 aromatic carbocycles. The summed E-state index contributed by atoms with van der Waals surface area (Å²) in [7, 11) is 3.21. The molecule has 0 fully saturated rings. The second-order valence-electron chi connectivity index (χ2n) is 6.48. The maximum Gasteiger partial charge on any atom is 0.305 e. The number of carbonyl (C=O) groups is 1. The predicted octanol–water partition coefficient (Wildman–Crippen LogP) is 3.35. The fourth-order valence-corrected chi connectivity index (χ4v) is 4.54. The van der Waals surface area contributed by atoms with Gasteiger partial charge in [0, 0.05) is 24.0 Å².